The van der Waals surface area contributed by atoms with Crippen molar-refractivity contribution in [3.05, 3.63) is 0 Å². The van der Waals surface area contributed by atoms with Crippen LogP contribution in [0.25, 0.3) is 0 Å². The van der Waals surface area contributed by atoms with Crippen molar-refractivity contribution in [2.45, 2.75) is 0 Å². The van der Waals surface area contributed by atoms with Crippen LogP contribution in [0.2, 0.25) is 0 Å². The van der Waals surface area contributed by atoms with Crippen LogP contribution >= 0.6 is 0 Å². The normalized spacial score (nSPS) is 6.94. The van der Waals surface area contributed by atoms with Crippen molar-refractivity contribution in [3.63, 3.8) is 0 Å². The second kappa shape index (κ2) is 20.0. The van der Waals surface area contributed by atoms with Crippen LogP contribution in [0.5, 0.6) is 0 Å². The standard InChI is InChI=1S/3C2H5NO2.Ca/c3*3-1-2(4)5;/h3*1,3H2,(H,4,5);/q;;;+2/p-2. The second-order valence-electron chi connectivity index (χ2n) is 1.75. The predicted molar refractivity (Wildman–Crippen MR) is 50.6 cm³/mol. The Hall–Kier alpha value is -0.450. The van der Waals surface area contributed by atoms with Gasteiger partial charge in [0, 0.05) is 13.1 Å². The van der Waals surface area contributed by atoms with Crippen molar-refractivity contribution in [2.75, 3.05) is 19.6 Å². The molecule has 0 heterocycles. The summed E-state index contributed by atoms with van der Waals surface area (Å²) in [6.07, 6.45) is 0. The monoisotopic (exact) mass is 263 g/mol. The number of rotatable bonds is 3. The third-order valence-corrected chi connectivity index (χ3v) is 0.508. The number of carbonyl (C=O) groups is 3. The first kappa shape index (κ1) is 24.7. The van der Waals surface area contributed by atoms with Crippen molar-refractivity contribution in [3.8, 4) is 0 Å². The summed E-state index contributed by atoms with van der Waals surface area (Å²) < 4.78 is 0. The maximum absolute atomic E-state index is 9.24. The molecular weight excluding hydrogens is 250 g/mol. The average Bonchev–Trinajstić information content (AvgIpc) is 2.19. The summed E-state index contributed by atoms with van der Waals surface area (Å²) in [6.45, 7) is -1.06. The molecule has 0 aromatic rings. The van der Waals surface area contributed by atoms with Crippen LogP contribution in [0.3, 0.4) is 0 Å². The average molecular weight is 263 g/mol. The first-order chi connectivity index (χ1) is 6.81. The molecule has 0 spiro atoms. The van der Waals surface area contributed by atoms with E-state index >= 15 is 0 Å². The first-order valence-electron chi connectivity index (χ1n) is 3.53. The molecule has 7 N–H and O–H groups in total. The van der Waals surface area contributed by atoms with Crippen LogP contribution < -0.4 is 27.4 Å². The molecule has 0 aliphatic carbocycles. The molecular formula is C6H13CaN3O6. The van der Waals surface area contributed by atoms with E-state index in [2.05, 4.69) is 17.2 Å². The summed E-state index contributed by atoms with van der Waals surface area (Å²) in [7, 11) is 0. The van der Waals surface area contributed by atoms with Gasteiger partial charge in [0.2, 0.25) is 0 Å². The summed E-state index contributed by atoms with van der Waals surface area (Å²) in [5.74, 6) is -3.40. The minimum Gasteiger partial charge on any atom is -0.549 e. The van der Waals surface area contributed by atoms with Gasteiger partial charge < -0.3 is 42.1 Å². The fraction of sp³-hybridized carbons (Fsp3) is 0.500. The molecule has 0 aromatic carbocycles. The number of carboxylic acid groups (broad SMARTS) is 3. The van der Waals surface area contributed by atoms with Gasteiger partial charge in [0.25, 0.3) is 0 Å². The van der Waals surface area contributed by atoms with Crippen LogP contribution in [0.15, 0.2) is 0 Å². The Morgan fingerprint density at radius 3 is 1.00 bits per heavy atom. The Bertz CT molecular complexity index is 167. The minimum atomic E-state index is -1.22. The van der Waals surface area contributed by atoms with E-state index in [1.54, 1.807) is 0 Å². The second-order valence-corrected chi connectivity index (χ2v) is 1.75. The van der Waals surface area contributed by atoms with Gasteiger partial charge in [-0.25, -0.2) is 0 Å². The SMILES string of the molecule is NCC(=O)O.NCC(=O)[O-].NCC(=O)[O-].[Ca+2]. The number of nitrogens with two attached hydrogens (primary N) is 3. The molecule has 0 aliphatic rings. The number of carboxylic acids is 3. The summed E-state index contributed by atoms with van der Waals surface area (Å²) in [5.41, 5.74) is 13.6. The van der Waals surface area contributed by atoms with Crippen molar-refractivity contribution in [1.29, 1.82) is 0 Å². The summed E-state index contributed by atoms with van der Waals surface area (Å²) >= 11 is 0. The number of hydrogen-bond acceptors (Lipinski definition) is 8. The number of carbonyl (C=O) groups excluding carboxylic acids is 2. The van der Waals surface area contributed by atoms with Gasteiger partial charge in [-0.15, -0.1) is 0 Å². The molecule has 0 amide bonds. The van der Waals surface area contributed by atoms with Crippen LogP contribution in [-0.4, -0.2) is 80.4 Å². The molecule has 16 heavy (non-hydrogen) atoms. The Morgan fingerprint density at radius 2 is 1.00 bits per heavy atom. The van der Waals surface area contributed by atoms with Gasteiger partial charge in [-0.05, 0) is 0 Å². The molecule has 90 valence electrons. The fourth-order valence-corrected chi connectivity index (χ4v) is 0. The fourth-order valence-electron chi connectivity index (χ4n) is 0. The van der Waals surface area contributed by atoms with Crippen molar-refractivity contribution < 1.29 is 29.7 Å². The van der Waals surface area contributed by atoms with Gasteiger partial charge in [0.05, 0.1) is 18.5 Å². The molecule has 0 fully saturated rings. The van der Waals surface area contributed by atoms with E-state index in [1.807, 2.05) is 0 Å². The van der Waals surface area contributed by atoms with E-state index in [0.29, 0.717) is 0 Å². The maximum atomic E-state index is 9.24. The zero-order valence-electron chi connectivity index (χ0n) is 8.55. The van der Waals surface area contributed by atoms with Gasteiger partial charge in [0.15, 0.2) is 0 Å². The van der Waals surface area contributed by atoms with E-state index < -0.39 is 17.9 Å². The van der Waals surface area contributed by atoms with Crippen molar-refractivity contribution >= 4 is 55.6 Å². The van der Waals surface area contributed by atoms with E-state index in [9.17, 15) is 4.79 Å². The molecule has 0 atom stereocenters. The molecule has 0 aliphatic heterocycles. The Kier molecular flexibility index (Phi) is 30.9. The topological polar surface area (TPSA) is 196 Å². The Morgan fingerprint density at radius 1 is 0.875 bits per heavy atom. The van der Waals surface area contributed by atoms with E-state index in [0.717, 1.165) is 0 Å². The zero-order chi connectivity index (χ0) is 12.9. The maximum Gasteiger partial charge on any atom is 2.00 e. The Labute approximate surface area is 122 Å². The minimum absolute atomic E-state index is 0. The molecule has 0 saturated carbocycles. The van der Waals surface area contributed by atoms with E-state index in [1.165, 1.54) is 0 Å². The molecule has 9 nitrogen and oxygen atoms in total. The van der Waals surface area contributed by atoms with Crippen molar-refractivity contribution in [1.82, 2.24) is 0 Å². The van der Waals surface area contributed by atoms with Crippen LogP contribution in [0.4, 0.5) is 0 Å². The molecule has 0 unspecified atom stereocenters. The van der Waals surface area contributed by atoms with Gasteiger partial charge in [-0.1, -0.05) is 0 Å². The molecule has 0 saturated heterocycles. The quantitative estimate of drug-likeness (QED) is 0.358. The van der Waals surface area contributed by atoms with Crippen molar-refractivity contribution in [2.24, 2.45) is 17.2 Å². The van der Waals surface area contributed by atoms with E-state index in [4.69, 9.17) is 24.9 Å². The largest absolute Gasteiger partial charge is 2.00 e. The molecule has 0 rings (SSSR count). The van der Waals surface area contributed by atoms with E-state index in [-0.39, 0.29) is 57.4 Å². The summed E-state index contributed by atoms with van der Waals surface area (Å²) in [6, 6.07) is 0. The molecule has 0 bridgehead atoms. The zero-order valence-corrected chi connectivity index (χ0v) is 10.8. The third-order valence-electron chi connectivity index (χ3n) is 0.508. The summed E-state index contributed by atoms with van der Waals surface area (Å²) in [4.78, 5) is 27.5. The van der Waals surface area contributed by atoms with Gasteiger partial charge in [-0.2, -0.15) is 0 Å². The first-order valence-corrected chi connectivity index (χ1v) is 3.53. The van der Waals surface area contributed by atoms with Crippen LogP contribution in [0.1, 0.15) is 0 Å². The van der Waals surface area contributed by atoms with Crippen LogP contribution in [0, 0.1) is 0 Å². The van der Waals surface area contributed by atoms with Crippen LogP contribution in [-0.2, 0) is 14.4 Å². The smallest absolute Gasteiger partial charge is 0.549 e. The van der Waals surface area contributed by atoms with Gasteiger partial charge in [-0.3, -0.25) is 4.79 Å². The predicted octanol–water partition coefficient (Wildman–Crippen LogP) is -5.96. The number of hydrogen-bond donors (Lipinski definition) is 4. The summed E-state index contributed by atoms with van der Waals surface area (Å²) in [5, 5.41) is 25.9. The van der Waals surface area contributed by atoms with Gasteiger partial charge >= 0.3 is 43.7 Å². The number of aliphatic carboxylic acids is 3. The molecule has 0 radical (unpaired) electrons. The Balaban J connectivity index is -0.0000000655. The molecule has 0 aromatic heterocycles. The third kappa shape index (κ3) is 69.3. The van der Waals surface area contributed by atoms with Gasteiger partial charge in [0.1, 0.15) is 0 Å². The molecule has 10 heteroatoms.